The van der Waals surface area contributed by atoms with Crippen LogP contribution < -0.4 is 5.32 Å². The van der Waals surface area contributed by atoms with Crippen molar-refractivity contribution >= 4 is 5.97 Å². The number of carboxylic acid groups (broad SMARTS) is 1. The Morgan fingerprint density at radius 2 is 2.16 bits per heavy atom. The normalized spacial score (nSPS) is 20.4. The van der Waals surface area contributed by atoms with Crippen LogP contribution >= 0.6 is 0 Å². The van der Waals surface area contributed by atoms with E-state index in [1.165, 1.54) is 11.1 Å². The molecule has 19 heavy (non-hydrogen) atoms. The first-order chi connectivity index (χ1) is 9.13. The highest BCUT2D eigenvalue weighted by atomic mass is 16.4. The molecule has 1 fully saturated rings. The molecule has 4 nitrogen and oxygen atoms in total. The van der Waals surface area contributed by atoms with Gasteiger partial charge in [0.1, 0.15) is 0 Å². The zero-order valence-corrected chi connectivity index (χ0v) is 11.4. The molecule has 0 bridgehead atoms. The van der Waals surface area contributed by atoms with Crippen LogP contribution in [0.4, 0.5) is 0 Å². The van der Waals surface area contributed by atoms with Gasteiger partial charge in [0.05, 0.1) is 6.54 Å². The van der Waals surface area contributed by atoms with Crippen molar-refractivity contribution in [2.75, 3.05) is 19.6 Å². The number of carboxylic acids is 1. The van der Waals surface area contributed by atoms with E-state index in [0.29, 0.717) is 6.04 Å². The average Bonchev–Trinajstić information content (AvgIpc) is 2.40. The minimum atomic E-state index is -0.782. The lowest BCUT2D eigenvalue weighted by molar-refractivity contribution is -0.136. The van der Waals surface area contributed by atoms with Crippen LogP contribution in [0.15, 0.2) is 24.3 Å². The molecule has 0 amide bonds. The number of hydrogen-bond acceptors (Lipinski definition) is 3. The molecule has 0 saturated carbocycles. The van der Waals surface area contributed by atoms with Crippen LogP contribution in [-0.4, -0.2) is 41.7 Å². The molecule has 1 unspecified atom stereocenters. The molecule has 1 aromatic rings. The number of benzene rings is 1. The second-order valence-corrected chi connectivity index (χ2v) is 5.33. The summed E-state index contributed by atoms with van der Waals surface area (Å²) in [5.74, 6) is -0.782. The van der Waals surface area contributed by atoms with Gasteiger partial charge in [0, 0.05) is 19.1 Å². The second kappa shape index (κ2) is 6.68. The first-order valence-corrected chi connectivity index (χ1v) is 6.86. The van der Waals surface area contributed by atoms with E-state index in [1.807, 2.05) is 0 Å². The van der Waals surface area contributed by atoms with Crippen LogP contribution in [0.5, 0.6) is 0 Å². The van der Waals surface area contributed by atoms with Crippen molar-refractivity contribution in [3.8, 4) is 0 Å². The Labute approximate surface area is 114 Å². The summed E-state index contributed by atoms with van der Waals surface area (Å²) in [5.41, 5.74) is 2.60. The van der Waals surface area contributed by atoms with Gasteiger partial charge in [-0.3, -0.25) is 9.69 Å². The molecule has 104 valence electrons. The van der Waals surface area contributed by atoms with Gasteiger partial charge < -0.3 is 10.4 Å². The maximum absolute atomic E-state index is 10.6. The van der Waals surface area contributed by atoms with E-state index in [2.05, 4.69) is 41.4 Å². The lowest BCUT2D eigenvalue weighted by atomic mass is 10.0. The van der Waals surface area contributed by atoms with Gasteiger partial charge in [-0.05, 0) is 31.9 Å². The fourth-order valence-corrected chi connectivity index (χ4v) is 2.55. The van der Waals surface area contributed by atoms with Crippen LogP contribution in [0, 0.1) is 6.92 Å². The maximum atomic E-state index is 10.6. The number of piperidine rings is 1. The first kappa shape index (κ1) is 14.0. The molecule has 1 aromatic carbocycles. The SMILES string of the molecule is Cc1ccc(CN2CCCC(NCC(=O)O)C2)cc1. The van der Waals surface area contributed by atoms with Crippen LogP contribution in [0.1, 0.15) is 24.0 Å². The highest BCUT2D eigenvalue weighted by Gasteiger charge is 2.19. The van der Waals surface area contributed by atoms with Crippen LogP contribution in [0.25, 0.3) is 0 Å². The first-order valence-electron chi connectivity index (χ1n) is 6.86. The summed E-state index contributed by atoms with van der Waals surface area (Å²) in [6.07, 6.45) is 2.20. The molecule has 2 rings (SSSR count). The Morgan fingerprint density at radius 1 is 1.42 bits per heavy atom. The van der Waals surface area contributed by atoms with E-state index in [9.17, 15) is 4.79 Å². The van der Waals surface area contributed by atoms with Gasteiger partial charge in [-0.1, -0.05) is 29.8 Å². The van der Waals surface area contributed by atoms with Gasteiger partial charge in [-0.15, -0.1) is 0 Å². The fraction of sp³-hybridized carbons (Fsp3) is 0.533. The zero-order chi connectivity index (χ0) is 13.7. The molecule has 1 atom stereocenters. The topological polar surface area (TPSA) is 52.6 Å². The van der Waals surface area contributed by atoms with Crippen molar-refractivity contribution in [1.82, 2.24) is 10.2 Å². The van der Waals surface area contributed by atoms with Crippen molar-refractivity contribution in [2.24, 2.45) is 0 Å². The molecular weight excluding hydrogens is 240 g/mol. The molecule has 0 radical (unpaired) electrons. The summed E-state index contributed by atoms with van der Waals surface area (Å²) >= 11 is 0. The van der Waals surface area contributed by atoms with Gasteiger partial charge in [-0.25, -0.2) is 0 Å². The predicted molar refractivity (Wildman–Crippen MR) is 75.1 cm³/mol. The minimum Gasteiger partial charge on any atom is -0.480 e. The summed E-state index contributed by atoms with van der Waals surface area (Å²) < 4.78 is 0. The number of rotatable bonds is 5. The molecule has 0 spiro atoms. The van der Waals surface area contributed by atoms with Crippen LogP contribution in [0.2, 0.25) is 0 Å². The molecule has 1 aliphatic heterocycles. The molecule has 2 N–H and O–H groups in total. The van der Waals surface area contributed by atoms with Gasteiger partial charge >= 0.3 is 5.97 Å². The molecule has 0 aromatic heterocycles. The Bertz CT molecular complexity index is 417. The maximum Gasteiger partial charge on any atom is 0.317 e. The van der Waals surface area contributed by atoms with Gasteiger partial charge in [-0.2, -0.15) is 0 Å². The predicted octanol–water partition coefficient (Wildman–Crippen LogP) is 1.63. The summed E-state index contributed by atoms with van der Waals surface area (Å²) in [6, 6.07) is 8.92. The third-order valence-corrected chi connectivity index (χ3v) is 3.57. The van der Waals surface area contributed by atoms with Gasteiger partial charge in [0.25, 0.3) is 0 Å². The Hall–Kier alpha value is -1.39. The largest absolute Gasteiger partial charge is 0.480 e. The number of carbonyl (C=O) groups is 1. The second-order valence-electron chi connectivity index (χ2n) is 5.33. The Kier molecular flexibility index (Phi) is 4.93. The third-order valence-electron chi connectivity index (χ3n) is 3.57. The van der Waals surface area contributed by atoms with E-state index in [1.54, 1.807) is 0 Å². The third kappa shape index (κ3) is 4.65. The fourth-order valence-electron chi connectivity index (χ4n) is 2.55. The number of aliphatic carboxylic acids is 1. The van der Waals surface area contributed by atoms with E-state index < -0.39 is 5.97 Å². The molecule has 1 saturated heterocycles. The number of likely N-dealkylation sites (tertiary alicyclic amines) is 1. The summed E-state index contributed by atoms with van der Waals surface area (Å²) in [7, 11) is 0. The minimum absolute atomic E-state index is 0.0586. The van der Waals surface area contributed by atoms with E-state index >= 15 is 0 Å². The average molecular weight is 262 g/mol. The smallest absolute Gasteiger partial charge is 0.317 e. The highest BCUT2D eigenvalue weighted by molar-refractivity contribution is 5.69. The molecule has 1 heterocycles. The van der Waals surface area contributed by atoms with Crippen LogP contribution in [-0.2, 0) is 11.3 Å². The summed E-state index contributed by atoms with van der Waals surface area (Å²) in [4.78, 5) is 13.0. The monoisotopic (exact) mass is 262 g/mol. The lowest BCUT2D eigenvalue weighted by Gasteiger charge is -2.33. The Morgan fingerprint density at radius 3 is 2.84 bits per heavy atom. The summed E-state index contributed by atoms with van der Waals surface area (Å²) in [6.45, 7) is 5.13. The van der Waals surface area contributed by atoms with Crippen molar-refractivity contribution < 1.29 is 9.90 Å². The quantitative estimate of drug-likeness (QED) is 0.847. The van der Waals surface area contributed by atoms with E-state index in [4.69, 9.17) is 5.11 Å². The molecule has 0 aliphatic carbocycles. The number of aryl methyl sites for hydroxylation is 1. The molecular formula is C15H22N2O2. The summed E-state index contributed by atoms with van der Waals surface area (Å²) in [5, 5.41) is 11.8. The molecule has 4 heteroatoms. The highest BCUT2D eigenvalue weighted by Crippen LogP contribution is 2.14. The van der Waals surface area contributed by atoms with Crippen LogP contribution in [0.3, 0.4) is 0 Å². The van der Waals surface area contributed by atoms with Crippen molar-refractivity contribution in [3.05, 3.63) is 35.4 Å². The number of hydrogen-bond donors (Lipinski definition) is 2. The zero-order valence-electron chi connectivity index (χ0n) is 11.4. The van der Waals surface area contributed by atoms with Crippen molar-refractivity contribution in [2.45, 2.75) is 32.4 Å². The Balaban J connectivity index is 1.83. The standard InChI is InChI=1S/C15H22N2O2/c1-12-4-6-13(7-5-12)10-17-8-2-3-14(11-17)16-9-15(18)19/h4-7,14,16H,2-3,8-11H2,1H3,(H,18,19). The lowest BCUT2D eigenvalue weighted by Crippen LogP contribution is -2.46. The van der Waals surface area contributed by atoms with E-state index in [-0.39, 0.29) is 6.54 Å². The van der Waals surface area contributed by atoms with Crippen molar-refractivity contribution in [1.29, 1.82) is 0 Å². The molecule has 1 aliphatic rings. The number of nitrogens with zero attached hydrogens (tertiary/aromatic N) is 1. The number of nitrogens with one attached hydrogen (secondary N) is 1. The van der Waals surface area contributed by atoms with Gasteiger partial charge in [0.2, 0.25) is 0 Å². The van der Waals surface area contributed by atoms with E-state index in [0.717, 1.165) is 32.5 Å². The van der Waals surface area contributed by atoms with Crippen molar-refractivity contribution in [3.63, 3.8) is 0 Å². The van der Waals surface area contributed by atoms with Gasteiger partial charge in [0.15, 0.2) is 0 Å².